The Bertz CT molecular complexity index is 485. The Hall–Kier alpha value is -1.14. The van der Waals surface area contributed by atoms with E-state index in [4.69, 9.17) is 9.84 Å². The molecule has 1 aromatic heterocycles. The van der Waals surface area contributed by atoms with E-state index in [0.717, 1.165) is 54.2 Å². The fraction of sp³-hybridized carbons (Fsp3) is 0.714. The zero-order valence-corrected chi connectivity index (χ0v) is 12.2. The Morgan fingerprint density at radius 1 is 1.45 bits per heavy atom. The van der Waals surface area contributed by atoms with Crippen molar-refractivity contribution in [3.63, 3.8) is 0 Å². The van der Waals surface area contributed by atoms with E-state index in [2.05, 4.69) is 10.3 Å². The summed E-state index contributed by atoms with van der Waals surface area (Å²) >= 11 is 1.60. The third-order valence-electron chi connectivity index (χ3n) is 3.81. The average molecular weight is 296 g/mol. The number of anilines is 1. The molecule has 0 saturated heterocycles. The fourth-order valence-electron chi connectivity index (χ4n) is 2.45. The van der Waals surface area contributed by atoms with Crippen molar-refractivity contribution in [3.05, 3.63) is 10.6 Å². The van der Waals surface area contributed by atoms with Crippen LogP contribution < -0.4 is 5.32 Å². The van der Waals surface area contributed by atoms with Crippen molar-refractivity contribution >= 4 is 22.4 Å². The van der Waals surface area contributed by atoms with Crippen LogP contribution >= 0.6 is 11.3 Å². The molecule has 5 nitrogen and oxygen atoms in total. The molecule has 110 valence electrons. The van der Waals surface area contributed by atoms with Crippen molar-refractivity contribution in [3.8, 4) is 0 Å². The van der Waals surface area contributed by atoms with Gasteiger partial charge in [-0.25, -0.2) is 4.98 Å². The van der Waals surface area contributed by atoms with Crippen LogP contribution in [-0.2, 0) is 16.0 Å². The van der Waals surface area contributed by atoms with Crippen molar-refractivity contribution in [1.82, 2.24) is 4.98 Å². The molecule has 2 aliphatic rings. The number of thiazole rings is 1. The summed E-state index contributed by atoms with van der Waals surface area (Å²) < 4.78 is 5.57. The van der Waals surface area contributed by atoms with Gasteiger partial charge in [0.05, 0.1) is 5.69 Å². The van der Waals surface area contributed by atoms with Crippen LogP contribution in [0.5, 0.6) is 0 Å². The summed E-state index contributed by atoms with van der Waals surface area (Å²) in [5, 5.41) is 13.2. The largest absolute Gasteiger partial charge is 0.481 e. The number of nitrogens with zero attached hydrogens (tertiary/aromatic N) is 1. The van der Waals surface area contributed by atoms with Crippen molar-refractivity contribution in [2.24, 2.45) is 5.92 Å². The first-order valence-corrected chi connectivity index (χ1v) is 8.09. The number of rotatable bonds is 8. The Kier molecular flexibility index (Phi) is 4.21. The molecule has 1 aromatic rings. The van der Waals surface area contributed by atoms with Gasteiger partial charge in [-0.15, -0.1) is 11.3 Å². The first-order valence-electron chi connectivity index (χ1n) is 7.28. The number of aliphatic carboxylic acids is 1. The van der Waals surface area contributed by atoms with E-state index in [-0.39, 0.29) is 0 Å². The molecule has 0 spiro atoms. The lowest BCUT2D eigenvalue weighted by molar-refractivity contribution is -0.138. The van der Waals surface area contributed by atoms with Gasteiger partial charge in [0.15, 0.2) is 5.13 Å². The lowest BCUT2D eigenvalue weighted by Gasteiger charge is -2.05. The van der Waals surface area contributed by atoms with Gasteiger partial charge in [0.2, 0.25) is 0 Å². The zero-order chi connectivity index (χ0) is 13.9. The summed E-state index contributed by atoms with van der Waals surface area (Å²) in [6, 6.07) is 0. The summed E-state index contributed by atoms with van der Waals surface area (Å²) in [6.07, 6.45) is 5.15. The third kappa shape index (κ3) is 3.30. The third-order valence-corrected chi connectivity index (χ3v) is 4.90. The average Bonchev–Trinajstić information content (AvgIpc) is 3.01. The van der Waals surface area contributed by atoms with Crippen LogP contribution in [0.1, 0.15) is 42.2 Å². The SMILES string of the molecule is O=C(O)C1CCc2sc(NCCCOCC3CC3)nc21. The lowest BCUT2D eigenvalue weighted by atomic mass is 10.1. The highest BCUT2D eigenvalue weighted by atomic mass is 32.1. The Morgan fingerprint density at radius 2 is 2.30 bits per heavy atom. The van der Waals surface area contributed by atoms with E-state index in [1.807, 2.05) is 0 Å². The van der Waals surface area contributed by atoms with E-state index in [1.54, 1.807) is 11.3 Å². The number of nitrogens with one attached hydrogen (secondary N) is 1. The van der Waals surface area contributed by atoms with Gasteiger partial charge < -0.3 is 15.2 Å². The molecule has 0 bridgehead atoms. The van der Waals surface area contributed by atoms with Gasteiger partial charge in [-0.2, -0.15) is 0 Å². The minimum Gasteiger partial charge on any atom is -0.481 e. The summed E-state index contributed by atoms with van der Waals surface area (Å²) in [5.74, 6) is -0.342. The summed E-state index contributed by atoms with van der Waals surface area (Å²) in [7, 11) is 0. The molecule has 0 amide bonds. The number of hydrogen-bond acceptors (Lipinski definition) is 5. The van der Waals surface area contributed by atoms with E-state index in [0.29, 0.717) is 6.42 Å². The highest BCUT2D eigenvalue weighted by Gasteiger charge is 2.32. The van der Waals surface area contributed by atoms with Gasteiger partial charge in [0.1, 0.15) is 5.92 Å². The molecule has 0 aromatic carbocycles. The van der Waals surface area contributed by atoms with Gasteiger partial charge in [-0.1, -0.05) is 0 Å². The molecule has 1 heterocycles. The maximum Gasteiger partial charge on any atom is 0.312 e. The molecule has 1 unspecified atom stereocenters. The number of carboxylic acids is 1. The number of aryl methyl sites for hydroxylation is 1. The second-order valence-electron chi connectivity index (χ2n) is 5.56. The molecule has 1 fully saturated rings. The minimum absolute atomic E-state index is 0.404. The van der Waals surface area contributed by atoms with Crippen LogP contribution in [0.2, 0.25) is 0 Å². The predicted molar refractivity (Wildman–Crippen MR) is 77.5 cm³/mol. The van der Waals surface area contributed by atoms with Gasteiger partial charge in [-0.3, -0.25) is 4.79 Å². The van der Waals surface area contributed by atoms with Gasteiger partial charge in [-0.05, 0) is 38.0 Å². The molecular formula is C14H20N2O3S. The highest BCUT2D eigenvalue weighted by Crippen LogP contribution is 2.38. The molecule has 1 atom stereocenters. The van der Waals surface area contributed by atoms with E-state index >= 15 is 0 Å². The van der Waals surface area contributed by atoms with E-state index in [1.165, 1.54) is 12.8 Å². The zero-order valence-electron chi connectivity index (χ0n) is 11.4. The van der Waals surface area contributed by atoms with Gasteiger partial charge in [0.25, 0.3) is 0 Å². The Labute approximate surface area is 122 Å². The van der Waals surface area contributed by atoms with Gasteiger partial charge in [0, 0.05) is 24.6 Å². The molecule has 3 rings (SSSR count). The van der Waals surface area contributed by atoms with Crippen LogP contribution in [0, 0.1) is 5.92 Å². The van der Waals surface area contributed by atoms with Crippen LogP contribution in [0.15, 0.2) is 0 Å². The predicted octanol–water partition coefficient (Wildman–Crippen LogP) is 2.49. The van der Waals surface area contributed by atoms with Crippen LogP contribution in [0.4, 0.5) is 5.13 Å². The topological polar surface area (TPSA) is 71.5 Å². The molecule has 1 saturated carbocycles. The van der Waals surface area contributed by atoms with Crippen molar-refractivity contribution in [2.75, 3.05) is 25.1 Å². The standard InChI is InChI=1S/C14H20N2O3S/c17-13(18)10-4-5-11-12(10)16-14(20-11)15-6-1-7-19-8-9-2-3-9/h9-10H,1-8H2,(H,15,16)(H,17,18). The highest BCUT2D eigenvalue weighted by molar-refractivity contribution is 7.15. The molecule has 6 heteroatoms. The van der Waals surface area contributed by atoms with Crippen molar-refractivity contribution in [2.45, 2.75) is 38.0 Å². The number of aromatic nitrogens is 1. The molecular weight excluding hydrogens is 276 g/mol. The minimum atomic E-state index is -0.755. The van der Waals surface area contributed by atoms with Gasteiger partial charge >= 0.3 is 5.97 Å². The quantitative estimate of drug-likeness (QED) is 0.721. The molecule has 0 radical (unpaired) electrons. The summed E-state index contributed by atoms with van der Waals surface area (Å²) in [4.78, 5) is 16.7. The fourth-order valence-corrected chi connectivity index (χ4v) is 3.51. The van der Waals surface area contributed by atoms with Crippen molar-refractivity contribution in [1.29, 1.82) is 0 Å². The summed E-state index contributed by atoms with van der Waals surface area (Å²) in [6.45, 7) is 2.52. The molecule has 20 heavy (non-hydrogen) atoms. The van der Waals surface area contributed by atoms with Crippen LogP contribution in [-0.4, -0.2) is 35.8 Å². The number of carbonyl (C=O) groups is 1. The molecule has 2 aliphatic carbocycles. The van der Waals surface area contributed by atoms with E-state index < -0.39 is 11.9 Å². The molecule has 0 aliphatic heterocycles. The normalized spacial score (nSPS) is 20.9. The Morgan fingerprint density at radius 3 is 3.05 bits per heavy atom. The second kappa shape index (κ2) is 6.10. The number of hydrogen-bond donors (Lipinski definition) is 2. The van der Waals surface area contributed by atoms with Crippen LogP contribution in [0.3, 0.4) is 0 Å². The van der Waals surface area contributed by atoms with Crippen LogP contribution in [0.25, 0.3) is 0 Å². The first-order chi connectivity index (χ1) is 9.74. The number of fused-ring (bicyclic) bond motifs is 1. The lowest BCUT2D eigenvalue weighted by Crippen LogP contribution is -2.10. The maximum atomic E-state index is 11.1. The molecule has 2 N–H and O–H groups in total. The number of carboxylic acid groups (broad SMARTS) is 1. The second-order valence-corrected chi connectivity index (χ2v) is 6.64. The smallest absolute Gasteiger partial charge is 0.312 e. The maximum absolute atomic E-state index is 11.1. The number of ether oxygens (including phenoxy) is 1. The van der Waals surface area contributed by atoms with E-state index in [9.17, 15) is 4.79 Å². The monoisotopic (exact) mass is 296 g/mol. The van der Waals surface area contributed by atoms with Crippen molar-refractivity contribution < 1.29 is 14.6 Å². The first kappa shape index (κ1) is 13.8. The Balaban J connectivity index is 1.40. The summed E-state index contributed by atoms with van der Waals surface area (Å²) in [5.41, 5.74) is 0.773.